The lowest BCUT2D eigenvalue weighted by atomic mass is 10.1. The average Bonchev–Trinajstić information content (AvgIpc) is 2.46. The largest absolute Gasteiger partial charge is 0.483 e. The molecule has 0 atom stereocenters. The molecule has 0 aliphatic carbocycles. The van der Waals surface area contributed by atoms with Gasteiger partial charge in [0.1, 0.15) is 6.61 Å². The first-order chi connectivity index (χ1) is 9.93. The summed E-state index contributed by atoms with van der Waals surface area (Å²) in [5.74, 6) is -9.27. The van der Waals surface area contributed by atoms with Gasteiger partial charge in [-0.15, -0.1) is 0 Å². The topological polar surface area (TPSA) is 26.3 Å². The van der Waals surface area contributed by atoms with Crippen molar-refractivity contribution in [3.63, 3.8) is 0 Å². The highest BCUT2D eigenvalue weighted by Crippen LogP contribution is 2.30. The number of benzene rings is 2. The van der Waals surface area contributed by atoms with Crippen molar-refractivity contribution in [1.82, 2.24) is 0 Å². The Hall–Kier alpha value is -2.37. The number of halogens is 4. The minimum absolute atomic E-state index is 0.271. The normalized spacial score (nSPS) is 10.5. The molecule has 0 heterocycles. The van der Waals surface area contributed by atoms with Gasteiger partial charge in [-0.05, 0) is 12.5 Å². The van der Waals surface area contributed by atoms with E-state index in [0.29, 0.717) is 5.56 Å². The number of ether oxygens (including phenoxy) is 1. The number of Topliss-reactive ketones (excluding diaryl/α,β-unsaturated/α-hetero) is 1. The van der Waals surface area contributed by atoms with Gasteiger partial charge in [0.25, 0.3) is 0 Å². The lowest BCUT2D eigenvalue weighted by molar-refractivity contribution is 0.100. The number of hydrogen-bond acceptors (Lipinski definition) is 2. The predicted molar refractivity (Wildman–Crippen MR) is 67.1 cm³/mol. The Labute approximate surface area is 118 Å². The van der Waals surface area contributed by atoms with Gasteiger partial charge < -0.3 is 4.74 Å². The second-order valence-corrected chi connectivity index (χ2v) is 4.29. The third kappa shape index (κ3) is 2.89. The molecule has 110 valence electrons. The lowest BCUT2D eigenvalue weighted by Crippen LogP contribution is -2.11. The van der Waals surface area contributed by atoms with Crippen LogP contribution in [0, 0.1) is 23.3 Å². The zero-order valence-electron chi connectivity index (χ0n) is 10.9. The van der Waals surface area contributed by atoms with E-state index >= 15 is 0 Å². The van der Waals surface area contributed by atoms with Crippen molar-refractivity contribution in [2.45, 2.75) is 13.5 Å². The molecule has 2 aromatic rings. The summed E-state index contributed by atoms with van der Waals surface area (Å²) >= 11 is 0. The van der Waals surface area contributed by atoms with Crippen LogP contribution >= 0.6 is 0 Å². The summed E-state index contributed by atoms with van der Waals surface area (Å²) in [5.41, 5.74) is -0.690. The van der Waals surface area contributed by atoms with Crippen molar-refractivity contribution < 1.29 is 27.1 Å². The summed E-state index contributed by atoms with van der Waals surface area (Å²) in [4.78, 5) is 11.0. The predicted octanol–water partition coefficient (Wildman–Crippen LogP) is 4.02. The van der Waals surface area contributed by atoms with Gasteiger partial charge in [0.2, 0.25) is 11.6 Å². The smallest absolute Gasteiger partial charge is 0.204 e. The molecule has 0 aromatic heterocycles. The van der Waals surface area contributed by atoms with Gasteiger partial charge in [0.05, 0.1) is 5.56 Å². The van der Waals surface area contributed by atoms with Gasteiger partial charge in [0, 0.05) is 0 Å². The van der Waals surface area contributed by atoms with E-state index in [1.165, 1.54) is 0 Å². The minimum Gasteiger partial charge on any atom is -0.483 e. The van der Waals surface area contributed by atoms with Crippen molar-refractivity contribution in [3.8, 4) is 5.75 Å². The molecule has 2 rings (SSSR count). The number of carbonyl (C=O) groups excluding carboxylic acids is 1. The summed E-state index contributed by atoms with van der Waals surface area (Å²) < 4.78 is 59.4. The van der Waals surface area contributed by atoms with E-state index in [1.54, 1.807) is 30.3 Å². The fourth-order valence-corrected chi connectivity index (χ4v) is 1.78. The molecule has 0 radical (unpaired) electrons. The molecular weight excluding hydrogens is 288 g/mol. The van der Waals surface area contributed by atoms with Gasteiger partial charge in [-0.3, -0.25) is 4.79 Å². The average molecular weight is 298 g/mol. The standard InChI is InChI=1S/C15H10F4O2/c1-8(20)10-11(16)13(18)15(14(19)12(10)17)21-7-9-5-3-2-4-6-9/h2-6H,7H2,1H3. The molecule has 21 heavy (non-hydrogen) atoms. The molecule has 2 nitrogen and oxygen atoms in total. The molecule has 0 N–H and O–H groups in total. The molecule has 0 bridgehead atoms. The van der Waals surface area contributed by atoms with E-state index in [9.17, 15) is 22.4 Å². The van der Waals surface area contributed by atoms with Crippen LogP contribution in [0.1, 0.15) is 22.8 Å². The van der Waals surface area contributed by atoms with Crippen molar-refractivity contribution in [3.05, 3.63) is 64.7 Å². The molecular formula is C15H10F4O2. The maximum absolute atomic E-state index is 13.7. The van der Waals surface area contributed by atoms with Gasteiger partial charge in [-0.25, -0.2) is 8.78 Å². The summed E-state index contributed by atoms with van der Waals surface area (Å²) in [7, 11) is 0. The lowest BCUT2D eigenvalue weighted by Gasteiger charge is -2.11. The highest BCUT2D eigenvalue weighted by molar-refractivity contribution is 5.94. The zero-order valence-corrected chi connectivity index (χ0v) is 10.9. The fourth-order valence-electron chi connectivity index (χ4n) is 1.78. The Kier molecular flexibility index (Phi) is 4.26. The van der Waals surface area contributed by atoms with E-state index in [1.807, 2.05) is 0 Å². The number of carbonyl (C=O) groups is 1. The first kappa shape index (κ1) is 15.0. The fraction of sp³-hybridized carbons (Fsp3) is 0.133. The quantitative estimate of drug-likeness (QED) is 0.484. The molecule has 0 unspecified atom stereocenters. The van der Waals surface area contributed by atoms with Crippen LogP contribution in [-0.2, 0) is 6.61 Å². The Morgan fingerprint density at radius 2 is 1.48 bits per heavy atom. The van der Waals surface area contributed by atoms with Crippen molar-refractivity contribution in [2.75, 3.05) is 0 Å². The van der Waals surface area contributed by atoms with Crippen LogP contribution < -0.4 is 4.74 Å². The SMILES string of the molecule is CC(=O)c1c(F)c(F)c(OCc2ccccc2)c(F)c1F. The summed E-state index contributed by atoms with van der Waals surface area (Å²) in [6.45, 7) is 0.540. The maximum atomic E-state index is 13.7. The number of ketones is 1. The van der Waals surface area contributed by atoms with Crippen LogP contribution in [0.5, 0.6) is 5.75 Å². The first-order valence-electron chi connectivity index (χ1n) is 5.97. The number of rotatable bonds is 4. The van der Waals surface area contributed by atoms with E-state index in [-0.39, 0.29) is 6.61 Å². The molecule has 0 saturated carbocycles. The second-order valence-electron chi connectivity index (χ2n) is 4.29. The van der Waals surface area contributed by atoms with Crippen molar-refractivity contribution in [1.29, 1.82) is 0 Å². The van der Waals surface area contributed by atoms with Crippen LogP contribution in [0.2, 0.25) is 0 Å². The summed E-state index contributed by atoms with van der Waals surface area (Å²) in [6, 6.07) is 8.31. The first-order valence-corrected chi connectivity index (χ1v) is 5.97. The van der Waals surface area contributed by atoms with E-state index in [2.05, 4.69) is 0 Å². The van der Waals surface area contributed by atoms with Crippen molar-refractivity contribution in [2.24, 2.45) is 0 Å². The van der Waals surface area contributed by atoms with E-state index in [0.717, 1.165) is 6.92 Å². The molecule has 0 spiro atoms. The Bertz CT molecular complexity index is 655. The Morgan fingerprint density at radius 1 is 0.952 bits per heavy atom. The van der Waals surface area contributed by atoms with Gasteiger partial charge in [-0.1, -0.05) is 30.3 Å². The van der Waals surface area contributed by atoms with Crippen LogP contribution in [0.15, 0.2) is 30.3 Å². The Morgan fingerprint density at radius 3 is 1.95 bits per heavy atom. The third-order valence-corrected chi connectivity index (χ3v) is 2.80. The molecule has 0 amide bonds. The maximum Gasteiger partial charge on any atom is 0.204 e. The summed E-state index contributed by atoms with van der Waals surface area (Å²) in [5, 5.41) is 0. The number of hydrogen-bond donors (Lipinski definition) is 0. The van der Waals surface area contributed by atoms with Gasteiger partial charge in [0.15, 0.2) is 23.2 Å². The highest BCUT2D eigenvalue weighted by atomic mass is 19.2. The Balaban J connectivity index is 2.39. The zero-order chi connectivity index (χ0) is 15.6. The van der Waals surface area contributed by atoms with Crippen molar-refractivity contribution >= 4 is 5.78 Å². The molecule has 2 aromatic carbocycles. The van der Waals surface area contributed by atoms with Gasteiger partial charge in [-0.2, -0.15) is 8.78 Å². The van der Waals surface area contributed by atoms with E-state index in [4.69, 9.17) is 4.74 Å². The van der Waals surface area contributed by atoms with Crippen LogP contribution in [-0.4, -0.2) is 5.78 Å². The molecule has 0 aliphatic rings. The molecule has 0 fully saturated rings. The molecule has 6 heteroatoms. The van der Waals surface area contributed by atoms with E-state index < -0.39 is 40.4 Å². The molecule has 0 aliphatic heterocycles. The monoisotopic (exact) mass is 298 g/mol. The van der Waals surface area contributed by atoms with Crippen LogP contribution in [0.25, 0.3) is 0 Å². The second kappa shape index (κ2) is 5.95. The molecule has 0 saturated heterocycles. The summed E-state index contributed by atoms with van der Waals surface area (Å²) in [6.07, 6.45) is 0. The minimum atomic E-state index is -1.76. The van der Waals surface area contributed by atoms with Crippen LogP contribution in [0.3, 0.4) is 0 Å². The highest BCUT2D eigenvalue weighted by Gasteiger charge is 2.28. The van der Waals surface area contributed by atoms with Crippen LogP contribution in [0.4, 0.5) is 17.6 Å². The third-order valence-electron chi connectivity index (χ3n) is 2.80. The van der Waals surface area contributed by atoms with Gasteiger partial charge >= 0.3 is 0 Å².